The van der Waals surface area contributed by atoms with E-state index < -0.39 is 0 Å². The summed E-state index contributed by atoms with van der Waals surface area (Å²) in [6.45, 7) is 1.42. The molecule has 140 valence electrons. The quantitative estimate of drug-likeness (QED) is 0.233. The second-order valence-corrected chi connectivity index (χ2v) is 9.62. The first-order valence-corrected chi connectivity index (χ1v) is 11.6. The van der Waals surface area contributed by atoms with Crippen molar-refractivity contribution in [1.29, 1.82) is 0 Å². The van der Waals surface area contributed by atoms with Crippen molar-refractivity contribution in [2.24, 2.45) is 5.73 Å². The van der Waals surface area contributed by atoms with Crippen molar-refractivity contribution in [2.45, 2.75) is 43.0 Å². The monoisotopic (exact) mass is 414 g/mol. The first-order chi connectivity index (χ1) is 11.2. The highest BCUT2D eigenvalue weighted by Crippen LogP contribution is 2.33. The van der Waals surface area contributed by atoms with Crippen molar-refractivity contribution in [1.82, 2.24) is 16.0 Å². The summed E-state index contributed by atoms with van der Waals surface area (Å²) >= 11 is 1.93. The minimum absolute atomic E-state index is 0. The van der Waals surface area contributed by atoms with Gasteiger partial charge in [0, 0.05) is 42.0 Å². The summed E-state index contributed by atoms with van der Waals surface area (Å²) in [5.74, 6) is 3.01. The number of carbonyl (C=O) groups excluding carboxylic acids is 2. The van der Waals surface area contributed by atoms with Crippen molar-refractivity contribution in [3.63, 3.8) is 0 Å². The van der Waals surface area contributed by atoms with Crippen LogP contribution in [0.25, 0.3) is 0 Å². The highest BCUT2D eigenvalue weighted by atomic mass is 35.5. The number of hydrogen-bond acceptors (Lipinski definition) is 6. The third kappa shape index (κ3) is 7.51. The molecule has 2 aliphatic rings. The van der Waals surface area contributed by atoms with Gasteiger partial charge in [0.05, 0.1) is 12.1 Å². The Labute approximate surface area is 162 Å². The molecule has 0 saturated carbocycles. The van der Waals surface area contributed by atoms with Gasteiger partial charge in [-0.2, -0.15) is 11.8 Å². The van der Waals surface area contributed by atoms with E-state index in [2.05, 4.69) is 16.0 Å². The van der Waals surface area contributed by atoms with E-state index in [0.29, 0.717) is 18.2 Å². The minimum atomic E-state index is -0.0350. The van der Waals surface area contributed by atoms with Crippen molar-refractivity contribution in [3.8, 4) is 0 Å². The number of urea groups is 1. The van der Waals surface area contributed by atoms with Crippen molar-refractivity contribution < 1.29 is 9.59 Å². The third-order valence-corrected chi connectivity index (χ3v) is 7.82. The maximum absolute atomic E-state index is 11.7. The lowest BCUT2D eigenvalue weighted by molar-refractivity contribution is -0.121. The van der Waals surface area contributed by atoms with Gasteiger partial charge in [-0.15, -0.1) is 12.4 Å². The van der Waals surface area contributed by atoms with Crippen LogP contribution in [-0.4, -0.2) is 59.6 Å². The van der Waals surface area contributed by atoms with Gasteiger partial charge in [-0.1, -0.05) is 28.0 Å². The predicted molar refractivity (Wildman–Crippen MR) is 108 cm³/mol. The number of unbranched alkanes of at least 4 members (excludes halogenated alkanes) is 1. The van der Waals surface area contributed by atoms with Gasteiger partial charge >= 0.3 is 6.03 Å². The molecule has 2 aliphatic heterocycles. The average molecular weight is 415 g/mol. The fraction of sp³-hybridized carbons (Fsp3) is 0.857. The Morgan fingerprint density at radius 3 is 2.88 bits per heavy atom. The molecule has 0 aromatic carbocycles. The number of fused-ring (bicyclic) bond motifs is 1. The van der Waals surface area contributed by atoms with Crippen LogP contribution >= 0.6 is 45.8 Å². The van der Waals surface area contributed by atoms with Crippen LogP contribution in [0.5, 0.6) is 0 Å². The van der Waals surface area contributed by atoms with E-state index >= 15 is 0 Å². The number of nitrogens with one attached hydrogen (secondary N) is 3. The molecule has 10 heteroatoms. The van der Waals surface area contributed by atoms with E-state index in [4.69, 9.17) is 5.73 Å². The SMILES string of the molecule is Cl.NCCSSCCNC(=O)CCCC[C@@H]1SC[C@@H]2NC(=O)N[C@@H]21. The molecule has 2 fully saturated rings. The summed E-state index contributed by atoms with van der Waals surface area (Å²) in [5, 5.41) is 9.39. The first kappa shape index (κ1) is 22.1. The third-order valence-electron chi connectivity index (χ3n) is 3.87. The summed E-state index contributed by atoms with van der Waals surface area (Å²) < 4.78 is 0. The van der Waals surface area contributed by atoms with Gasteiger partial charge in [0.2, 0.25) is 5.91 Å². The molecule has 0 aliphatic carbocycles. The van der Waals surface area contributed by atoms with E-state index in [9.17, 15) is 9.59 Å². The van der Waals surface area contributed by atoms with E-state index in [1.165, 1.54) is 0 Å². The number of nitrogens with two attached hydrogens (primary N) is 1. The van der Waals surface area contributed by atoms with Crippen LogP contribution in [0.2, 0.25) is 0 Å². The zero-order valence-corrected chi connectivity index (χ0v) is 16.9. The maximum Gasteiger partial charge on any atom is 0.315 e. The smallest absolute Gasteiger partial charge is 0.315 e. The molecule has 0 bridgehead atoms. The van der Waals surface area contributed by atoms with Gasteiger partial charge in [-0.25, -0.2) is 4.79 Å². The molecule has 2 saturated heterocycles. The fourth-order valence-corrected chi connectivity index (χ4v) is 6.07. The highest BCUT2D eigenvalue weighted by Gasteiger charge is 2.42. The molecule has 0 spiro atoms. The van der Waals surface area contributed by atoms with Crippen LogP contribution in [-0.2, 0) is 4.79 Å². The van der Waals surface area contributed by atoms with Gasteiger partial charge in [0.25, 0.3) is 0 Å². The topological polar surface area (TPSA) is 96.2 Å². The van der Waals surface area contributed by atoms with Crippen LogP contribution in [0.3, 0.4) is 0 Å². The van der Waals surface area contributed by atoms with E-state index in [0.717, 1.165) is 43.1 Å². The molecule has 2 heterocycles. The Morgan fingerprint density at radius 1 is 1.29 bits per heavy atom. The molecule has 24 heavy (non-hydrogen) atoms. The standard InChI is InChI=1S/C14H26N4O2S3.ClH/c15-5-7-22-23-8-6-16-12(19)4-2-1-3-11-13-10(9-21-11)17-14(20)18-13;/h10-11,13H,1-9,15H2,(H,16,19)(H2,17,18,20);1H/t10-,11-,13-;/m0./s1. The van der Waals surface area contributed by atoms with Crippen LogP contribution < -0.4 is 21.7 Å². The fourth-order valence-electron chi connectivity index (χ4n) is 2.76. The number of halogens is 1. The largest absolute Gasteiger partial charge is 0.355 e. The zero-order valence-electron chi connectivity index (χ0n) is 13.6. The highest BCUT2D eigenvalue weighted by molar-refractivity contribution is 8.76. The summed E-state index contributed by atoms with van der Waals surface area (Å²) in [6, 6.07) is 0.520. The summed E-state index contributed by atoms with van der Waals surface area (Å²) in [4.78, 5) is 23.0. The van der Waals surface area contributed by atoms with Crippen molar-refractivity contribution >= 4 is 57.7 Å². The molecule has 6 nitrogen and oxygen atoms in total. The van der Waals surface area contributed by atoms with Crippen LogP contribution in [0.4, 0.5) is 4.79 Å². The Kier molecular flexibility index (Phi) is 11.4. The number of thioether (sulfide) groups is 1. The zero-order chi connectivity index (χ0) is 16.5. The van der Waals surface area contributed by atoms with Gasteiger partial charge in [-0.05, 0) is 12.8 Å². The average Bonchev–Trinajstić information content (AvgIpc) is 3.07. The van der Waals surface area contributed by atoms with Crippen LogP contribution in [0.1, 0.15) is 25.7 Å². The Hall–Kier alpha value is 0.0400. The predicted octanol–water partition coefficient (Wildman–Crippen LogP) is 1.59. The second kappa shape index (κ2) is 12.4. The maximum atomic E-state index is 11.7. The normalized spacial score (nSPS) is 24.7. The van der Waals surface area contributed by atoms with Gasteiger partial charge in [-0.3, -0.25) is 4.79 Å². The molecule has 2 rings (SSSR count). The lowest BCUT2D eigenvalue weighted by atomic mass is 10.0. The lowest BCUT2D eigenvalue weighted by Gasteiger charge is -2.16. The molecule has 3 amide bonds. The van der Waals surface area contributed by atoms with Gasteiger partial charge in [0.15, 0.2) is 0 Å². The number of carbonyl (C=O) groups is 2. The summed E-state index contributed by atoms with van der Waals surface area (Å²) in [5.41, 5.74) is 5.41. The van der Waals surface area contributed by atoms with Gasteiger partial charge in [0.1, 0.15) is 0 Å². The van der Waals surface area contributed by atoms with E-state index in [1.807, 2.05) is 11.8 Å². The number of rotatable bonds is 11. The van der Waals surface area contributed by atoms with Crippen LogP contribution in [0.15, 0.2) is 0 Å². The van der Waals surface area contributed by atoms with Crippen molar-refractivity contribution in [2.75, 3.05) is 30.3 Å². The van der Waals surface area contributed by atoms with Crippen LogP contribution in [0, 0.1) is 0 Å². The molecule has 0 aromatic heterocycles. The molecule has 5 N–H and O–H groups in total. The van der Waals surface area contributed by atoms with Crippen molar-refractivity contribution in [3.05, 3.63) is 0 Å². The van der Waals surface area contributed by atoms with E-state index in [-0.39, 0.29) is 36.4 Å². The molecule has 0 unspecified atom stereocenters. The number of amides is 3. The lowest BCUT2D eigenvalue weighted by Crippen LogP contribution is -2.36. The van der Waals surface area contributed by atoms with Gasteiger partial charge < -0.3 is 21.7 Å². The molecule has 0 aromatic rings. The molecular weight excluding hydrogens is 388 g/mol. The summed E-state index contributed by atoms with van der Waals surface area (Å²) in [7, 11) is 3.50. The Bertz CT molecular complexity index is 406. The molecule has 3 atom stereocenters. The Balaban J connectivity index is 0.00000288. The second-order valence-electron chi connectivity index (χ2n) is 5.65. The van der Waals surface area contributed by atoms with E-state index in [1.54, 1.807) is 21.6 Å². The number of hydrogen-bond donors (Lipinski definition) is 4. The first-order valence-electron chi connectivity index (χ1n) is 8.10. The minimum Gasteiger partial charge on any atom is -0.355 e. The molecular formula is C14H27ClN4O2S3. The molecule has 0 radical (unpaired) electrons. The summed E-state index contributed by atoms with van der Waals surface area (Å²) in [6.07, 6.45) is 3.60. The Morgan fingerprint density at radius 2 is 2.08 bits per heavy atom.